The molecule has 6 nitrogen and oxygen atoms in total. The summed E-state index contributed by atoms with van der Waals surface area (Å²) in [5, 5.41) is 11.6. The highest BCUT2D eigenvalue weighted by Crippen LogP contribution is 2.27. The van der Waals surface area contributed by atoms with Gasteiger partial charge in [-0.05, 0) is 29.8 Å². The van der Waals surface area contributed by atoms with Crippen LogP contribution in [0.4, 0.5) is 10.8 Å². The lowest BCUT2D eigenvalue weighted by atomic mass is 10.2. The normalized spacial score (nSPS) is 11.4. The van der Waals surface area contributed by atoms with Gasteiger partial charge in [-0.2, -0.15) is 5.26 Å². The largest absolute Gasteiger partial charge is 0.265 e. The first-order valence-electron chi connectivity index (χ1n) is 10.2. The van der Waals surface area contributed by atoms with Crippen molar-refractivity contribution in [2.45, 2.75) is 11.3 Å². The third kappa shape index (κ3) is 5.34. The van der Waals surface area contributed by atoms with Crippen molar-refractivity contribution < 1.29 is 8.42 Å². The monoisotopic (exact) mass is 472 g/mol. The van der Waals surface area contributed by atoms with Crippen molar-refractivity contribution in [1.82, 2.24) is 4.98 Å². The van der Waals surface area contributed by atoms with Gasteiger partial charge in [-0.3, -0.25) is 4.31 Å². The molecule has 4 rings (SSSR count). The molecule has 3 aromatic carbocycles. The van der Waals surface area contributed by atoms with Crippen LogP contribution < -0.4 is 4.31 Å². The number of aromatic nitrogens is 1. The van der Waals surface area contributed by atoms with Crippen LogP contribution in [0, 0.1) is 11.3 Å². The second-order valence-electron chi connectivity index (χ2n) is 7.03. The highest BCUT2D eigenvalue weighted by Gasteiger charge is 2.24. The van der Waals surface area contributed by atoms with Crippen molar-refractivity contribution >= 4 is 38.4 Å². The van der Waals surface area contributed by atoms with Gasteiger partial charge in [-0.1, -0.05) is 60.7 Å². The molecule has 0 fully saturated rings. The van der Waals surface area contributed by atoms with Gasteiger partial charge in [0.15, 0.2) is 0 Å². The topological polar surface area (TPSA) is 86.4 Å². The number of thiazole rings is 1. The minimum absolute atomic E-state index is 0.0720. The number of benzene rings is 3. The second-order valence-corrected chi connectivity index (χ2v) is 9.73. The quantitative estimate of drug-likeness (QED) is 0.309. The van der Waals surface area contributed by atoms with Gasteiger partial charge in [0.05, 0.1) is 28.8 Å². The Balaban J connectivity index is 1.54. The van der Waals surface area contributed by atoms with Gasteiger partial charge in [0.1, 0.15) is 0 Å². The number of nitriles is 1. The molecular formula is C25H20N4O2S2. The summed E-state index contributed by atoms with van der Waals surface area (Å²) in [6, 6.07) is 27.2. The van der Waals surface area contributed by atoms with Gasteiger partial charge in [0, 0.05) is 23.7 Å². The van der Waals surface area contributed by atoms with E-state index in [4.69, 9.17) is 5.26 Å². The molecule has 1 aromatic heterocycles. The number of aliphatic imine (C=N–C) groups is 1. The third-order valence-electron chi connectivity index (χ3n) is 4.82. The zero-order valence-corrected chi connectivity index (χ0v) is 19.2. The van der Waals surface area contributed by atoms with Crippen molar-refractivity contribution in [3.8, 4) is 17.3 Å². The Morgan fingerprint density at radius 2 is 1.64 bits per heavy atom. The van der Waals surface area contributed by atoms with E-state index in [1.54, 1.807) is 60.8 Å². The Bertz CT molecular complexity index is 1380. The molecule has 0 N–H and O–H groups in total. The van der Waals surface area contributed by atoms with E-state index >= 15 is 0 Å². The molecule has 0 bridgehead atoms. The highest BCUT2D eigenvalue weighted by molar-refractivity contribution is 7.92. The molecule has 0 saturated carbocycles. The Kier molecular flexibility index (Phi) is 6.93. The Hall–Kier alpha value is -3.80. The lowest BCUT2D eigenvalue weighted by Gasteiger charge is -2.23. The molecule has 0 unspecified atom stereocenters. The van der Waals surface area contributed by atoms with E-state index in [-0.39, 0.29) is 17.9 Å². The van der Waals surface area contributed by atoms with E-state index in [1.165, 1.54) is 15.6 Å². The number of sulfonamides is 1. The average Bonchev–Trinajstić information content (AvgIpc) is 3.34. The second kappa shape index (κ2) is 10.2. The lowest BCUT2D eigenvalue weighted by Crippen LogP contribution is -2.31. The summed E-state index contributed by atoms with van der Waals surface area (Å²) in [6.45, 7) is 0.0720. The van der Waals surface area contributed by atoms with E-state index < -0.39 is 10.0 Å². The van der Waals surface area contributed by atoms with Crippen LogP contribution in [-0.4, -0.2) is 26.2 Å². The van der Waals surface area contributed by atoms with Crippen molar-refractivity contribution in [2.75, 3.05) is 10.8 Å². The minimum Gasteiger partial charge on any atom is -0.265 e. The Morgan fingerprint density at radius 3 is 2.30 bits per heavy atom. The molecule has 164 valence electrons. The molecule has 0 aliphatic carbocycles. The number of hydrogen-bond acceptors (Lipinski definition) is 6. The maximum Gasteiger partial charge on any atom is 0.264 e. The SMILES string of the molecule is N#CCCN(c1ccc(/C=N/c2nc(-c3ccccc3)cs2)cc1)S(=O)(=O)c1ccccc1. The maximum atomic E-state index is 13.1. The van der Waals surface area contributed by atoms with Crippen molar-refractivity contribution in [2.24, 2.45) is 4.99 Å². The van der Waals surface area contributed by atoms with Crippen molar-refractivity contribution in [3.63, 3.8) is 0 Å². The molecule has 0 saturated heterocycles. The molecule has 4 aromatic rings. The number of anilines is 1. The Morgan fingerprint density at radius 1 is 0.970 bits per heavy atom. The first-order valence-corrected chi connectivity index (χ1v) is 12.5. The average molecular weight is 473 g/mol. The molecule has 1 heterocycles. The molecular weight excluding hydrogens is 452 g/mol. The van der Waals surface area contributed by atoms with E-state index in [2.05, 4.69) is 9.98 Å². The van der Waals surface area contributed by atoms with Gasteiger partial charge < -0.3 is 0 Å². The number of hydrogen-bond donors (Lipinski definition) is 0. The number of nitrogens with zero attached hydrogens (tertiary/aromatic N) is 4. The molecule has 0 atom stereocenters. The molecule has 0 radical (unpaired) electrons. The predicted octanol–water partition coefficient (Wildman–Crippen LogP) is 5.67. The standard InChI is InChI=1S/C25H20N4O2S2/c26-16-7-17-29(33(30,31)23-10-5-2-6-11-23)22-14-12-20(13-15-22)18-27-25-28-24(19-32-25)21-8-3-1-4-9-21/h1-6,8-15,18-19H,7,17H2/b27-18+. The fourth-order valence-electron chi connectivity index (χ4n) is 3.18. The van der Waals surface area contributed by atoms with Crippen molar-refractivity contribution in [3.05, 3.63) is 95.9 Å². The van der Waals surface area contributed by atoms with Crippen LogP contribution >= 0.6 is 11.3 Å². The van der Waals surface area contributed by atoms with Gasteiger partial charge in [0.25, 0.3) is 10.0 Å². The van der Waals surface area contributed by atoms with Gasteiger partial charge in [-0.15, -0.1) is 11.3 Å². The third-order valence-corrected chi connectivity index (χ3v) is 7.41. The molecule has 0 amide bonds. The van der Waals surface area contributed by atoms with E-state index in [0.29, 0.717) is 10.8 Å². The fourth-order valence-corrected chi connectivity index (χ4v) is 5.34. The maximum absolute atomic E-state index is 13.1. The Labute approximate surface area is 197 Å². The smallest absolute Gasteiger partial charge is 0.264 e. The van der Waals surface area contributed by atoms with Crippen LogP contribution in [0.1, 0.15) is 12.0 Å². The highest BCUT2D eigenvalue weighted by atomic mass is 32.2. The summed E-state index contributed by atoms with van der Waals surface area (Å²) in [7, 11) is -3.78. The first-order chi connectivity index (χ1) is 16.1. The van der Waals surface area contributed by atoms with E-state index in [9.17, 15) is 8.42 Å². The van der Waals surface area contributed by atoms with Crippen LogP contribution in [-0.2, 0) is 10.0 Å². The van der Waals surface area contributed by atoms with Crippen LogP contribution in [0.2, 0.25) is 0 Å². The summed E-state index contributed by atoms with van der Waals surface area (Å²) < 4.78 is 27.5. The minimum atomic E-state index is -3.78. The lowest BCUT2D eigenvalue weighted by molar-refractivity contribution is 0.591. The summed E-state index contributed by atoms with van der Waals surface area (Å²) in [6.07, 6.45) is 1.78. The van der Waals surface area contributed by atoms with Crippen LogP contribution in [0.3, 0.4) is 0 Å². The zero-order valence-electron chi connectivity index (χ0n) is 17.6. The molecule has 0 spiro atoms. The van der Waals surface area contributed by atoms with E-state index in [1.807, 2.05) is 41.8 Å². The van der Waals surface area contributed by atoms with Gasteiger partial charge in [-0.25, -0.2) is 18.4 Å². The summed E-state index contributed by atoms with van der Waals surface area (Å²) in [5.74, 6) is 0. The van der Waals surface area contributed by atoms with Crippen LogP contribution in [0.15, 0.2) is 100 Å². The zero-order chi connectivity index (χ0) is 23.1. The summed E-state index contributed by atoms with van der Waals surface area (Å²) >= 11 is 1.45. The fraction of sp³-hybridized carbons (Fsp3) is 0.0800. The summed E-state index contributed by atoms with van der Waals surface area (Å²) in [4.78, 5) is 9.18. The van der Waals surface area contributed by atoms with E-state index in [0.717, 1.165) is 16.8 Å². The predicted molar refractivity (Wildman–Crippen MR) is 132 cm³/mol. The molecule has 0 aliphatic rings. The summed E-state index contributed by atoms with van der Waals surface area (Å²) in [5.41, 5.74) is 3.22. The van der Waals surface area contributed by atoms with Gasteiger partial charge in [0.2, 0.25) is 5.13 Å². The molecule has 0 aliphatic heterocycles. The number of rotatable bonds is 8. The van der Waals surface area contributed by atoms with Gasteiger partial charge >= 0.3 is 0 Å². The van der Waals surface area contributed by atoms with Crippen LogP contribution in [0.25, 0.3) is 11.3 Å². The molecule has 33 heavy (non-hydrogen) atoms. The first kappa shape index (κ1) is 22.4. The van der Waals surface area contributed by atoms with Crippen LogP contribution in [0.5, 0.6) is 0 Å². The van der Waals surface area contributed by atoms with Crippen molar-refractivity contribution in [1.29, 1.82) is 5.26 Å². The molecule has 8 heteroatoms.